The normalized spacial score (nSPS) is 14.6. The molecule has 0 unspecified atom stereocenters. The third-order valence-corrected chi connectivity index (χ3v) is 3.56. The molecule has 2 amide bonds. The Labute approximate surface area is 113 Å². The Morgan fingerprint density at radius 3 is 2.79 bits per heavy atom. The highest BCUT2D eigenvalue weighted by molar-refractivity contribution is 5.93. The minimum atomic E-state index is -0.123. The first-order valence-corrected chi connectivity index (χ1v) is 6.56. The van der Waals surface area contributed by atoms with Crippen LogP contribution in [0.3, 0.4) is 0 Å². The maximum atomic E-state index is 11.3. The molecular weight excluding hydrogens is 240 g/mol. The Kier molecular flexibility index (Phi) is 3.60. The van der Waals surface area contributed by atoms with Crippen LogP contribution < -0.4 is 10.6 Å². The van der Waals surface area contributed by atoms with Gasteiger partial charge < -0.3 is 10.6 Å². The van der Waals surface area contributed by atoms with Crippen LogP contribution in [0.25, 0.3) is 0 Å². The molecule has 1 aliphatic rings. The molecule has 1 heterocycles. The maximum Gasteiger partial charge on any atom is 0.224 e. The van der Waals surface area contributed by atoms with Crippen molar-refractivity contribution < 1.29 is 9.59 Å². The highest BCUT2D eigenvalue weighted by atomic mass is 16.2. The van der Waals surface area contributed by atoms with Crippen LogP contribution in [0.5, 0.6) is 0 Å². The van der Waals surface area contributed by atoms with Crippen molar-refractivity contribution in [1.29, 1.82) is 0 Å². The van der Waals surface area contributed by atoms with Crippen LogP contribution in [0, 0.1) is 0 Å². The highest BCUT2D eigenvalue weighted by Crippen LogP contribution is 2.29. The van der Waals surface area contributed by atoms with Crippen molar-refractivity contribution in [1.82, 2.24) is 5.32 Å². The van der Waals surface area contributed by atoms with Gasteiger partial charge in [-0.1, -0.05) is 26.0 Å². The van der Waals surface area contributed by atoms with E-state index in [1.807, 2.05) is 12.1 Å². The predicted octanol–water partition coefficient (Wildman–Crippen LogP) is 1.98. The summed E-state index contributed by atoms with van der Waals surface area (Å²) in [5.41, 5.74) is 3.14. The van der Waals surface area contributed by atoms with Gasteiger partial charge in [-0.3, -0.25) is 9.59 Å². The van der Waals surface area contributed by atoms with E-state index in [0.29, 0.717) is 13.0 Å². The summed E-state index contributed by atoms with van der Waals surface area (Å²) in [6, 6.07) is 6.11. The van der Waals surface area contributed by atoms with Crippen molar-refractivity contribution >= 4 is 17.5 Å². The topological polar surface area (TPSA) is 58.2 Å². The Balaban J connectivity index is 2.21. The second-order valence-electron chi connectivity index (χ2n) is 5.71. The van der Waals surface area contributed by atoms with E-state index < -0.39 is 0 Å². The fraction of sp³-hybridized carbons (Fsp3) is 0.467. The van der Waals surface area contributed by atoms with Crippen molar-refractivity contribution in [3.05, 3.63) is 29.3 Å². The summed E-state index contributed by atoms with van der Waals surface area (Å²) in [5.74, 6) is 0.0658. The lowest BCUT2D eigenvalue weighted by molar-refractivity contribution is -0.119. The average Bonchev–Trinajstić information content (AvgIpc) is 2.36. The zero-order chi connectivity index (χ0) is 14.0. The molecule has 0 atom stereocenters. The van der Waals surface area contributed by atoms with Crippen LogP contribution in [-0.2, 0) is 21.4 Å². The molecule has 0 spiro atoms. The molecule has 0 saturated heterocycles. The summed E-state index contributed by atoms with van der Waals surface area (Å²) in [6.07, 6.45) is 1.33. The van der Waals surface area contributed by atoms with E-state index in [2.05, 4.69) is 30.5 Å². The molecule has 0 radical (unpaired) electrons. The van der Waals surface area contributed by atoms with E-state index in [1.54, 1.807) is 0 Å². The van der Waals surface area contributed by atoms with Crippen LogP contribution >= 0.6 is 0 Å². The van der Waals surface area contributed by atoms with Crippen molar-refractivity contribution in [3.63, 3.8) is 0 Å². The minimum Gasteiger partial charge on any atom is -0.355 e. The van der Waals surface area contributed by atoms with Gasteiger partial charge in [-0.2, -0.15) is 0 Å². The number of nitrogens with one attached hydrogen (secondary N) is 2. The highest BCUT2D eigenvalue weighted by Gasteiger charge is 2.23. The van der Waals surface area contributed by atoms with E-state index in [1.165, 1.54) is 18.1 Å². The Morgan fingerprint density at radius 2 is 2.11 bits per heavy atom. The van der Waals surface area contributed by atoms with Crippen LogP contribution in [0.2, 0.25) is 0 Å². The minimum absolute atomic E-state index is 0.0155. The maximum absolute atomic E-state index is 11.3. The van der Waals surface area contributed by atoms with Gasteiger partial charge in [0.15, 0.2) is 0 Å². The Bertz CT molecular complexity index is 521. The quantitative estimate of drug-likeness (QED) is 0.873. The third kappa shape index (κ3) is 3.13. The number of hydrogen-bond acceptors (Lipinski definition) is 2. The SMILES string of the molecule is CC(=O)NCC(C)(C)c1ccc2c(c1)CCC(=O)N2. The number of amides is 2. The van der Waals surface area contributed by atoms with Crippen molar-refractivity contribution in [2.75, 3.05) is 11.9 Å². The number of carbonyl (C=O) groups is 2. The molecule has 0 aliphatic carbocycles. The van der Waals surface area contributed by atoms with Crippen molar-refractivity contribution in [2.24, 2.45) is 0 Å². The smallest absolute Gasteiger partial charge is 0.224 e. The molecule has 0 aromatic heterocycles. The van der Waals surface area contributed by atoms with E-state index in [4.69, 9.17) is 0 Å². The van der Waals surface area contributed by atoms with Gasteiger partial charge >= 0.3 is 0 Å². The fourth-order valence-electron chi connectivity index (χ4n) is 2.25. The summed E-state index contributed by atoms with van der Waals surface area (Å²) in [5, 5.41) is 5.74. The largest absolute Gasteiger partial charge is 0.355 e. The lowest BCUT2D eigenvalue weighted by Crippen LogP contribution is -2.35. The van der Waals surface area contributed by atoms with E-state index in [-0.39, 0.29) is 17.2 Å². The predicted molar refractivity (Wildman–Crippen MR) is 75.1 cm³/mol. The van der Waals surface area contributed by atoms with Gasteiger partial charge in [0.1, 0.15) is 0 Å². The third-order valence-electron chi connectivity index (χ3n) is 3.56. The summed E-state index contributed by atoms with van der Waals surface area (Å²) in [6.45, 7) is 6.34. The summed E-state index contributed by atoms with van der Waals surface area (Å²) in [7, 11) is 0. The zero-order valence-corrected chi connectivity index (χ0v) is 11.7. The molecule has 4 heteroatoms. The zero-order valence-electron chi connectivity index (χ0n) is 11.7. The summed E-state index contributed by atoms with van der Waals surface area (Å²) < 4.78 is 0. The number of benzene rings is 1. The molecule has 1 aliphatic heterocycles. The number of rotatable bonds is 3. The van der Waals surface area contributed by atoms with Gasteiger partial charge in [0.2, 0.25) is 11.8 Å². The number of fused-ring (bicyclic) bond motifs is 1. The lowest BCUT2D eigenvalue weighted by Gasteiger charge is -2.27. The van der Waals surface area contributed by atoms with Gasteiger partial charge in [-0.05, 0) is 23.6 Å². The lowest BCUT2D eigenvalue weighted by atomic mass is 9.82. The van der Waals surface area contributed by atoms with Crippen LogP contribution in [-0.4, -0.2) is 18.4 Å². The molecule has 2 rings (SSSR count). The van der Waals surface area contributed by atoms with Crippen molar-refractivity contribution in [2.45, 2.75) is 39.0 Å². The van der Waals surface area contributed by atoms with Gasteiger partial charge in [0, 0.05) is 31.0 Å². The van der Waals surface area contributed by atoms with Gasteiger partial charge in [-0.15, -0.1) is 0 Å². The van der Waals surface area contributed by atoms with E-state index >= 15 is 0 Å². The number of anilines is 1. The van der Waals surface area contributed by atoms with Crippen LogP contribution in [0.1, 0.15) is 38.3 Å². The second kappa shape index (κ2) is 5.03. The van der Waals surface area contributed by atoms with Crippen LogP contribution in [0.15, 0.2) is 18.2 Å². The van der Waals surface area contributed by atoms with Gasteiger partial charge in [0.25, 0.3) is 0 Å². The molecule has 0 saturated carbocycles. The number of aryl methyl sites for hydroxylation is 1. The fourth-order valence-corrected chi connectivity index (χ4v) is 2.25. The summed E-state index contributed by atoms with van der Waals surface area (Å²) >= 11 is 0. The van der Waals surface area contributed by atoms with E-state index in [9.17, 15) is 9.59 Å². The number of hydrogen-bond donors (Lipinski definition) is 2. The second-order valence-corrected chi connectivity index (χ2v) is 5.71. The van der Waals surface area contributed by atoms with E-state index in [0.717, 1.165) is 12.1 Å². The Morgan fingerprint density at radius 1 is 1.37 bits per heavy atom. The van der Waals surface area contributed by atoms with Gasteiger partial charge in [0.05, 0.1) is 0 Å². The first-order chi connectivity index (χ1) is 8.88. The first kappa shape index (κ1) is 13.6. The molecular formula is C15H20N2O2. The number of carbonyl (C=O) groups excluding carboxylic acids is 2. The molecule has 0 bridgehead atoms. The monoisotopic (exact) mass is 260 g/mol. The van der Waals surface area contributed by atoms with Crippen molar-refractivity contribution in [3.8, 4) is 0 Å². The molecule has 2 N–H and O–H groups in total. The first-order valence-electron chi connectivity index (χ1n) is 6.56. The summed E-state index contributed by atoms with van der Waals surface area (Å²) in [4.78, 5) is 22.4. The molecule has 1 aromatic rings. The molecule has 0 fully saturated rings. The standard InChI is InChI=1S/C15H20N2O2/c1-10(18)16-9-15(2,3)12-5-6-13-11(8-12)4-7-14(19)17-13/h5-6,8H,4,7,9H2,1-3H3,(H,16,18)(H,17,19). The molecule has 4 nitrogen and oxygen atoms in total. The molecule has 19 heavy (non-hydrogen) atoms. The molecule has 102 valence electrons. The van der Waals surface area contributed by atoms with Crippen LogP contribution in [0.4, 0.5) is 5.69 Å². The van der Waals surface area contributed by atoms with Gasteiger partial charge in [-0.25, -0.2) is 0 Å². The molecule has 1 aromatic carbocycles. The average molecular weight is 260 g/mol. The Hall–Kier alpha value is -1.84.